The van der Waals surface area contributed by atoms with Gasteiger partial charge in [-0.1, -0.05) is 0 Å². The molecule has 0 bridgehead atoms. The summed E-state index contributed by atoms with van der Waals surface area (Å²) in [6.45, 7) is 4.26. The number of carboxylic acid groups (broad SMARTS) is 1. The van der Waals surface area contributed by atoms with Gasteiger partial charge < -0.3 is 25.2 Å². The second-order valence-electron chi connectivity index (χ2n) is 4.54. The Morgan fingerprint density at radius 1 is 1.53 bits per heavy atom. The van der Waals surface area contributed by atoms with Crippen LogP contribution in [0.2, 0.25) is 0 Å². The number of nitrogens with zero attached hydrogens (tertiary/aromatic N) is 1. The van der Waals surface area contributed by atoms with Crippen LogP contribution in [-0.2, 0) is 9.53 Å². The smallest absolute Gasteiger partial charge is 0.328 e. The van der Waals surface area contributed by atoms with Gasteiger partial charge in [-0.05, 0) is 13.8 Å². The molecular formula is C10H18N2O5. The van der Waals surface area contributed by atoms with Crippen LogP contribution in [0.15, 0.2) is 0 Å². The van der Waals surface area contributed by atoms with E-state index in [2.05, 4.69) is 5.32 Å². The lowest BCUT2D eigenvalue weighted by Gasteiger charge is -2.42. The topological polar surface area (TPSA) is 99.1 Å². The predicted octanol–water partition coefficient (Wildman–Crippen LogP) is -0.748. The lowest BCUT2D eigenvalue weighted by atomic mass is 10.0. The highest BCUT2D eigenvalue weighted by Gasteiger charge is 2.35. The molecule has 1 aliphatic heterocycles. The molecule has 0 aliphatic carbocycles. The van der Waals surface area contributed by atoms with E-state index >= 15 is 0 Å². The SMILES string of the molecule is CC1(C)COCCN1C(=O)N[C@@H](CO)C(=O)O. The first-order valence-corrected chi connectivity index (χ1v) is 5.38. The number of aliphatic carboxylic acids is 1. The molecule has 1 rings (SSSR count). The standard InChI is InChI=1S/C10H18N2O5/c1-10(2)6-17-4-3-12(10)9(16)11-7(5-13)8(14)15/h7,13H,3-6H2,1-2H3,(H,11,16)(H,14,15)/t7-/m0/s1. The third-order valence-corrected chi connectivity index (χ3v) is 2.67. The fraction of sp³-hybridized carbons (Fsp3) is 0.800. The van der Waals surface area contributed by atoms with Crippen LogP contribution in [0.4, 0.5) is 4.79 Å². The molecule has 0 spiro atoms. The summed E-state index contributed by atoms with van der Waals surface area (Å²) in [7, 11) is 0. The zero-order valence-corrected chi connectivity index (χ0v) is 9.97. The van der Waals surface area contributed by atoms with E-state index in [1.807, 2.05) is 13.8 Å². The van der Waals surface area contributed by atoms with Gasteiger partial charge in [0.25, 0.3) is 0 Å². The monoisotopic (exact) mass is 246 g/mol. The van der Waals surface area contributed by atoms with Crippen LogP contribution in [0.5, 0.6) is 0 Å². The molecule has 98 valence electrons. The van der Waals surface area contributed by atoms with Gasteiger partial charge in [-0.15, -0.1) is 0 Å². The number of aliphatic hydroxyl groups excluding tert-OH is 1. The number of carbonyl (C=O) groups excluding carboxylic acids is 1. The Morgan fingerprint density at radius 3 is 2.65 bits per heavy atom. The van der Waals surface area contributed by atoms with Crippen molar-refractivity contribution in [3.8, 4) is 0 Å². The molecule has 1 fully saturated rings. The van der Waals surface area contributed by atoms with Gasteiger partial charge in [-0.2, -0.15) is 0 Å². The van der Waals surface area contributed by atoms with Crippen molar-refractivity contribution in [1.29, 1.82) is 0 Å². The summed E-state index contributed by atoms with van der Waals surface area (Å²) >= 11 is 0. The zero-order chi connectivity index (χ0) is 13.1. The molecule has 0 aromatic rings. The second kappa shape index (κ2) is 5.33. The fourth-order valence-electron chi connectivity index (χ4n) is 1.65. The molecule has 1 aliphatic rings. The van der Waals surface area contributed by atoms with Gasteiger partial charge in [0.05, 0.1) is 25.4 Å². The minimum absolute atomic E-state index is 0.399. The van der Waals surface area contributed by atoms with E-state index in [1.165, 1.54) is 4.90 Å². The number of hydrogen-bond donors (Lipinski definition) is 3. The highest BCUT2D eigenvalue weighted by molar-refractivity contribution is 5.83. The van der Waals surface area contributed by atoms with Gasteiger partial charge in [-0.3, -0.25) is 0 Å². The van der Waals surface area contributed by atoms with E-state index in [-0.39, 0.29) is 0 Å². The Kier molecular flexibility index (Phi) is 4.30. The van der Waals surface area contributed by atoms with Crippen LogP contribution in [0.3, 0.4) is 0 Å². The first-order valence-electron chi connectivity index (χ1n) is 5.38. The molecule has 1 saturated heterocycles. The maximum Gasteiger partial charge on any atom is 0.328 e. The molecule has 0 aromatic carbocycles. The number of ether oxygens (including phenoxy) is 1. The third kappa shape index (κ3) is 3.31. The van der Waals surface area contributed by atoms with Crippen molar-refractivity contribution in [1.82, 2.24) is 10.2 Å². The molecule has 17 heavy (non-hydrogen) atoms. The average molecular weight is 246 g/mol. The van der Waals surface area contributed by atoms with Gasteiger partial charge in [-0.25, -0.2) is 9.59 Å². The highest BCUT2D eigenvalue weighted by atomic mass is 16.5. The largest absolute Gasteiger partial charge is 0.480 e. The number of carboxylic acids is 1. The maximum atomic E-state index is 11.9. The summed E-state index contributed by atoms with van der Waals surface area (Å²) in [4.78, 5) is 24.1. The van der Waals surface area contributed by atoms with Gasteiger partial charge in [0.1, 0.15) is 0 Å². The first kappa shape index (κ1) is 13.7. The van der Waals surface area contributed by atoms with Crippen molar-refractivity contribution in [2.24, 2.45) is 0 Å². The maximum absolute atomic E-state index is 11.9. The molecule has 7 heteroatoms. The molecule has 1 atom stereocenters. The number of carbonyl (C=O) groups is 2. The van der Waals surface area contributed by atoms with E-state index in [0.29, 0.717) is 19.8 Å². The summed E-state index contributed by atoms with van der Waals surface area (Å²) in [5.41, 5.74) is -0.485. The quantitative estimate of drug-likeness (QED) is 0.608. The Hall–Kier alpha value is -1.34. The summed E-state index contributed by atoms with van der Waals surface area (Å²) in [6, 6.07) is -1.78. The third-order valence-electron chi connectivity index (χ3n) is 2.67. The normalized spacial score (nSPS) is 20.8. The molecule has 0 saturated carbocycles. The van der Waals surface area contributed by atoms with Crippen LogP contribution in [0, 0.1) is 0 Å². The van der Waals surface area contributed by atoms with Crippen LogP contribution in [0.25, 0.3) is 0 Å². The van der Waals surface area contributed by atoms with Crippen molar-refractivity contribution in [3.63, 3.8) is 0 Å². The second-order valence-corrected chi connectivity index (χ2v) is 4.54. The van der Waals surface area contributed by atoms with E-state index < -0.39 is 30.2 Å². The Morgan fingerprint density at radius 2 is 2.18 bits per heavy atom. The van der Waals surface area contributed by atoms with Crippen LogP contribution in [-0.4, -0.2) is 65.1 Å². The van der Waals surface area contributed by atoms with E-state index in [0.717, 1.165) is 0 Å². The van der Waals surface area contributed by atoms with Crippen LogP contribution >= 0.6 is 0 Å². The minimum Gasteiger partial charge on any atom is -0.480 e. The average Bonchev–Trinajstić information content (AvgIpc) is 2.24. The van der Waals surface area contributed by atoms with Gasteiger partial charge in [0, 0.05) is 6.54 Å². The molecule has 3 N–H and O–H groups in total. The van der Waals surface area contributed by atoms with Gasteiger partial charge in [0.2, 0.25) is 0 Å². The summed E-state index contributed by atoms with van der Waals surface area (Å²) in [5, 5.41) is 19.8. The molecule has 1 heterocycles. The molecule has 0 aromatic heterocycles. The van der Waals surface area contributed by atoms with E-state index in [9.17, 15) is 9.59 Å². The van der Waals surface area contributed by atoms with Gasteiger partial charge in [0.15, 0.2) is 6.04 Å². The van der Waals surface area contributed by atoms with Crippen molar-refractivity contribution < 1.29 is 24.5 Å². The van der Waals surface area contributed by atoms with Crippen LogP contribution < -0.4 is 5.32 Å². The Bertz CT molecular complexity index is 305. The molecule has 0 unspecified atom stereocenters. The van der Waals surface area contributed by atoms with E-state index in [4.69, 9.17) is 14.9 Å². The number of aliphatic hydroxyl groups is 1. The fourth-order valence-corrected chi connectivity index (χ4v) is 1.65. The molecule has 7 nitrogen and oxygen atoms in total. The Balaban J connectivity index is 2.65. The van der Waals surface area contributed by atoms with Gasteiger partial charge >= 0.3 is 12.0 Å². The predicted molar refractivity (Wildman–Crippen MR) is 58.6 cm³/mol. The lowest BCUT2D eigenvalue weighted by Crippen LogP contribution is -2.60. The summed E-state index contributed by atoms with van der Waals surface area (Å²) in [5.74, 6) is -1.26. The number of urea groups is 1. The van der Waals surface area contributed by atoms with Crippen molar-refractivity contribution in [3.05, 3.63) is 0 Å². The Labute approximate surface area is 99.4 Å². The van der Waals surface area contributed by atoms with Crippen molar-refractivity contribution in [2.75, 3.05) is 26.4 Å². The number of rotatable bonds is 3. The number of amides is 2. The minimum atomic E-state index is -1.28. The number of morpholine rings is 1. The molecular weight excluding hydrogens is 228 g/mol. The molecule has 2 amide bonds. The van der Waals surface area contributed by atoms with Crippen molar-refractivity contribution >= 4 is 12.0 Å². The number of hydrogen-bond acceptors (Lipinski definition) is 4. The zero-order valence-electron chi connectivity index (χ0n) is 9.97. The summed E-state index contributed by atoms with van der Waals surface area (Å²) in [6.07, 6.45) is 0. The highest BCUT2D eigenvalue weighted by Crippen LogP contribution is 2.18. The lowest BCUT2D eigenvalue weighted by molar-refractivity contribution is -0.140. The van der Waals surface area contributed by atoms with Crippen molar-refractivity contribution in [2.45, 2.75) is 25.4 Å². The van der Waals surface area contributed by atoms with E-state index in [1.54, 1.807) is 0 Å². The summed E-state index contributed by atoms with van der Waals surface area (Å²) < 4.78 is 5.26. The number of nitrogens with one attached hydrogen (secondary N) is 1. The molecule has 0 radical (unpaired) electrons. The van der Waals surface area contributed by atoms with Crippen LogP contribution in [0.1, 0.15) is 13.8 Å². The first-order chi connectivity index (χ1) is 7.88.